The first kappa shape index (κ1) is 13.3. The molecule has 1 atom stereocenters. The highest BCUT2D eigenvalue weighted by Crippen LogP contribution is 2.16. The van der Waals surface area contributed by atoms with Crippen molar-refractivity contribution in [1.29, 1.82) is 0 Å². The maximum Gasteiger partial charge on any atom is 0.254 e. The van der Waals surface area contributed by atoms with Crippen LogP contribution in [0.3, 0.4) is 0 Å². The minimum absolute atomic E-state index is 0.143. The number of hydrogen-bond acceptors (Lipinski definition) is 3. The third kappa shape index (κ3) is 3.00. The van der Waals surface area contributed by atoms with Crippen molar-refractivity contribution >= 4 is 17.5 Å². The number of halogens is 1. The fourth-order valence-corrected chi connectivity index (χ4v) is 2.58. The molecule has 1 unspecified atom stereocenters. The normalized spacial score (nSPS) is 20.0. The molecule has 2 heterocycles. The molecule has 2 rings (SSSR count). The topological polar surface area (TPSA) is 45.2 Å². The Balaban J connectivity index is 1.91. The van der Waals surface area contributed by atoms with Gasteiger partial charge in [0.1, 0.15) is 0 Å². The van der Waals surface area contributed by atoms with E-state index in [1.54, 1.807) is 12.3 Å². The van der Waals surface area contributed by atoms with Gasteiger partial charge < -0.3 is 5.32 Å². The Bertz CT molecular complexity index is 424. The molecule has 0 bridgehead atoms. The number of nitrogens with zero attached hydrogens (tertiary/aromatic N) is 2. The summed E-state index contributed by atoms with van der Waals surface area (Å²) in [5.74, 6) is -0.143. The first-order valence-corrected chi connectivity index (χ1v) is 6.72. The number of carbonyl (C=O) groups is 1. The van der Waals surface area contributed by atoms with Gasteiger partial charge in [-0.25, -0.2) is 0 Å². The first-order chi connectivity index (χ1) is 8.72. The summed E-state index contributed by atoms with van der Waals surface area (Å²) >= 11 is 5.96. The van der Waals surface area contributed by atoms with Gasteiger partial charge in [0.2, 0.25) is 0 Å². The van der Waals surface area contributed by atoms with Crippen molar-refractivity contribution in [3.05, 3.63) is 29.0 Å². The van der Waals surface area contributed by atoms with Crippen molar-refractivity contribution in [2.75, 3.05) is 19.6 Å². The third-order valence-electron chi connectivity index (χ3n) is 3.42. The summed E-state index contributed by atoms with van der Waals surface area (Å²) in [7, 11) is 0. The van der Waals surface area contributed by atoms with Gasteiger partial charge in [-0.3, -0.25) is 14.7 Å². The molecular weight excluding hydrogens is 250 g/mol. The van der Waals surface area contributed by atoms with Crippen molar-refractivity contribution in [2.24, 2.45) is 0 Å². The highest BCUT2D eigenvalue weighted by molar-refractivity contribution is 6.33. The number of aromatic nitrogens is 1. The van der Waals surface area contributed by atoms with Crippen molar-refractivity contribution < 1.29 is 4.79 Å². The van der Waals surface area contributed by atoms with Crippen molar-refractivity contribution in [3.8, 4) is 0 Å². The van der Waals surface area contributed by atoms with Crippen LogP contribution >= 0.6 is 11.6 Å². The molecule has 0 radical (unpaired) electrons. The minimum atomic E-state index is -0.143. The lowest BCUT2D eigenvalue weighted by atomic mass is 10.2. The molecule has 18 heavy (non-hydrogen) atoms. The molecule has 98 valence electrons. The van der Waals surface area contributed by atoms with Gasteiger partial charge in [0, 0.05) is 25.0 Å². The van der Waals surface area contributed by atoms with Crippen LogP contribution in [0.25, 0.3) is 0 Å². The molecular formula is C13H18ClN3O. The number of hydrogen-bond donors (Lipinski definition) is 1. The molecule has 4 nitrogen and oxygen atoms in total. The summed E-state index contributed by atoms with van der Waals surface area (Å²) in [6.07, 6.45) is 5.44. The largest absolute Gasteiger partial charge is 0.350 e. The second kappa shape index (κ2) is 6.16. The van der Waals surface area contributed by atoms with Crippen LogP contribution in [0.2, 0.25) is 5.02 Å². The summed E-state index contributed by atoms with van der Waals surface area (Å²) in [6, 6.07) is 2.08. The smallest absolute Gasteiger partial charge is 0.254 e. The van der Waals surface area contributed by atoms with E-state index in [1.807, 2.05) is 0 Å². The molecule has 0 aliphatic carbocycles. The number of likely N-dealkylation sites (tertiary alicyclic amines) is 1. The van der Waals surface area contributed by atoms with Gasteiger partial charge in [0.15, 0.2) is 0 Å². The van der Waals surface area contributed by atoms with E-state index in [2.05, 4.69) is 22.1 Å². The zero-order valence-electron chi connectivity index (χ0n) is 10.5. The molecule has 1 N–H and O–H groups in total. The molecule has 1 aromatic heterocycles. The predicted octanol–water partition coefficient (Wildman–Crippen LogP) is 1.95. The number of carbonyl (C=O) groups excluding carboxylic acids is 1. The van der Waals surface area contributed by atoms with Crippen molar-refractivity contribution in [3.63, 3.8) is 0 Å². The van der Waals surface area contributed by atoms with Crippen molar-refractivity contribution in [2.45, 2.75) is 25.8 Å². The number of rotatable bonds is 4. The van der Waals surface area contributed by atoms with E-state index in [9.17, 15) is 4.79 Å². The van der Waals surface area contributed by atoms with Crippen LogP contribution < -0.4 is 5.32 Å². The van der Waals surface area contributed by atoms with E-state index in [1.165, 1.54) is 12.6 Å². The summed E-state index contributed by atoms with van der Waals surface area (Å²) in [4.78, 5) is 18.3. The Labute approximate surface area is 112 Å². The number of nitrogens with one attached hydrogen (secondary N) is 1. The van der Waals surface area contributed by atoms with E-state index in [4.69, 9.17) is 11.6 Å². The zero-order valence-corrected chi connectivity index (χ0v) is 11.3. The average molecular weight is 268 g/mol. The van der Waals surface area contributed by atoms with Crippen LogP contribution in [0.5, 0.6) is 0 Å². The van der Waals surface area contributed by atoms with Gasteiger partial charge in [-0.15, -0.1) is 0 Å². The number of pyridine rings is 1. The molecule has 1 aliphatic rings. The molecule has 1 fully saturated rings. The Morgan fingerprint density at radius 1 is 1.67 bits per heavy atom. The maximum atomic E-state index is 12.0. The summed E-state index contributed by atoms with van der Waals surface area (Å²) in [5, 5.41) is 3.39. The second-order valence-corrected chi connectivity index (χ2v) is 4.90. The number of likely N-dealkylation sites (N-methyl/N-ethyl adjacent to an activating group) is 1. The van der Waals surface area contributed by atoms with Gasteiger partial charge in [0.25, 0.3) is 5.91 Å². The Kier molecular flexibility index (Phi) is 4.55. The van der Waals surface area contributed by atoms with E-state index < -0.39 is 0 Å². The zero-order chi connectivity index (χ0) is 13.0. The average Bonchev–Trinajstić information content (AvgIpc) is 2.84. The van der Waals surface area contributed by atoms with Crippen LogP contribution in [0.1, 0.15) is 30.1 Å². The van der Waals surface area contributed by atoms with E-state index in [-0.39, 0.29) is 5.91 Å². The third-order valence-corrected chi connectivity index (χ3v) is 3.75. The van der Waals surface area contributed by atoms with Crippen LogP contribution in [-0.4, -0.2) is 41.5 Å². The maximum absolute atomic E-state index is 12.0. The van der Waals surface area contributed by atoms with Crippen LogP contribution in [0.4, 0.5) is 0 Å². The van der Waals surface area contributed by atoms with Crippen LogP contribution in [-0.2, 0) is 0 Å². The van der Waals surface area contributed by atoms with Gasteiger partial charge >= 0.3 is 0 Å². The van der Waals surface area contributed by atoms with E-state index in [0.717, 1.165) is 19.5 Å². The highest BCUT2D eigenvalue weighted by atomic mass is 35.5. The Morgan fingerprint density at radius 2 is 2.50 bits per heavy atom. The minimum Gasteiger partial charge on any atom is -0.350 e. The van der Waals surface area contributed by atoms with Crippen LogP contribution in [0, 0.1) is 0 Å². The summed E-state index contributed by atoms with van der Waals surface area (Å²) < 4.78 is 0. The Hall–Kier alpha value is -1.13. The van der Waals surface area contributed by atoms with Gasteiger partial charge in [-0.2, -0.15) is 0 Å². The molecule has 1 aliphatic heterocycles. The standard InChI is InChI=1S/C13H18ClN3O/c1-2-17-7-3-4-10(17)8-16-13(18)11-9-15-6-5-12(11)14/h5-6,9-10H,2-4,7-8H2,1H3,(H,16,18). The van der Waals surface area contributed by atoms with Gasteiger partial charge in [0.05, 0.1) is 10.6 Å². The molecule has 5 heteroatoms. The van der Waals surface area contributed by atoms with Crippen molar-refractivity contribution in [1.82, 2.24) is 15.2 Å². The Morgan fingerprint density at radius 3 is 3.22 bits per heavy atom. The lowest BCUT2D eigenvalue weighted by molar-refractivity contribution is 0.0941. The van der Waals surface area contributed by atoms with Gasteiger partial charge in [-0.05, 0) is 32.0 Å². The molecule has 1 saturated heterocycles. The van der Waals surface area contributed by atoms with Crippen LogP contribution in [0.15, 0.2) is 18.5 Å². The van der Waals surface area contributed by atoms with E-state index in [0.29, 0.717) is 23.2 Å². The lowest BCUT2D eigenvalue weighted by Gasteiger charge is -2.22. The molecule has 0 saturated carbocycles. The summed E-state index contributed by atoms with van der Waals surface area (Å²) in [5.41, 5.74) is 0.445. The highest BCUT2D eigenvalue weighted by Gasteiger charge is 2.23. The van der Waals surface area contributed by atoms with E-state index >= 15 is 0 Å². The number of amides is 1. The predicted molar refractivity (Wildman–Crippen MR) is 71.8 cm³/mol. The fraction of sp³-hybridized carbons (Fsp3) is 0.538. The second-order valence-electron chi connectivity index (χ2n) is 4.49. The monoisotopic (exact) mass is 267 g/mol. The fourth-order valence-electron chi connectivity index (χ4n) is 2.39. The molecule has 0 spiro atoms. The first-order valence-electron chi connectivity index (χ1n) is 6.34. The molecule has 0 aromatic carbocycles. The summed E-state index contributed by atoms with van der Waals surface area (Å²) in [6.45, 7) is 4.99. The van der Waals surface area contributed by atoms with Gasteiger partial charge in [-0.1, -0.05) is 18.5 Å². The quantitative estimate of drug-likeness (QED) is 0.907. The lowest BCUT2D eigenvalue weighted by Crippen LogP contribution is -2.40. The SMILES string of the molecule is CCN1CCCC1CNC(=O)c1cnccc1Cl. The molecule has 1 aromatic rings. The molecule has 1 amide bonds.